The summed E-state index contributed by atoms with van der Waals surface area (Å²) in [7, 11) is 0. The van der Waals surface area contributed by atoms with Gasteiger partial charge in [-0.1, -0.05) is 0 Å². The maximum Gasteiger partial charge on any atom is 0.226 e. The second kappa shape index (κ2) is 5.50. The van der Waals surface area contributed by atoms with Crippen LogP contribution in [0.2, 0.25) is 0 Å². The zero-order valence-electron chi connectivity index (χ0n) is 12.5. The lowest BCUT2D eigenvalue weighted by Crippen LogP contribution is -2.31. The Labute approximate surface area is 128 Å². The van der Waals surface area contributed by atoms with Crippen LogP contribution in [0.4, 0.5) is 4.39 Å². The predicted octanol–water partition coefficient (Wildman–Crippen LogP) is 3.83. The Balaban J connectivity index is 1.84. The average Bonchev–Trinajstić information content (AvgIpc) is 2.97. The van der Waals surface area contributed by atoms with Gasteiger partial charge in [-0.05, 0) is 56.5 Å². The third kappa shape index (κ3) is 2.99. The van der Waals surface area contributed by atoms with Gasteiger partial charge in [0.15, 0.2) is 0 Å². The van der Waals surface area contributed by atoms with Gasteiger partial charge < -0.3 is 9.52 Å². The number of aliphatic imine (C=N–C) groups is 1. The Bertz CT molecular complexity index is 737. The maximum atomic E-state index is 12.9. The first-order chi connectivity index (χ1) is 10.4. The summed E-state index contributed by atoms with van der Waals surface area (Å²) in [5, 5.41) is 9.95. The first-order valence-electron chi connectivity index (χ1n) is 7.14. The smallest absolute Gasteiger partial charge is 0.226 e. The van der Waals surface area contributed by atoms with Gasteiger partial charge in [-0.15, -0.1) is 0 Å². The monoisotopic (exact) mass is 300 g/mol. The lowest BCUT2D eigenvalue weighted by Gasteiger charge is -2.22. The summed E-state index contributed by atoms with van der Waals surface area (Å²) in [6.07, 6.45) is 4.74. The number of halogens is 1. The summed E-state index contributed by atoms with van der Waals surface area (Å²) in [6.45, 7) is 3.46. The van der Waals surface area contributed by atoms with Gasteiger partial charge in [-0.25, -0.2) is 9.37 Å². The number of hydrogen-bond acceptors (Lipinski definition) is 4. The van der Waals surface area contributed by atoms with Gasteiger partial charge in [0.2, 0.25) is 5.89 Å². The van der Waals surface area contributed by atoms with Crippen molar-refractivity contribution in [3.63, 3.8) is 0 Å². The van der Waals surface area contributed by atoms with Crippen molar-refractivity contribution >= 4 is 11.3 Å². The van der Waals surface area contributed by atoms with Crippen LogP contribution >= 0.6 is 0 Å². The maximum absolute atomic E-state index is 12.9. The second-order valence-corrected chi connectivity index (χ2v) is 5.83. The normalized spacial score (nSPS) is 15.5. The van der Waals surface area contributed by atoms with Gasteiger partial charge in [0, 0.05) is 17.5 Å². The minimum Gasteiger partial charge on any atom is -0.444 e. The van der Waals surface area contributed by atoms with Gasteiger partial charge in [0.05, 0.1) is 5.60 Å². The summed E-state index contributed by atoms with van der Waals surface area (Å²) >= 11 is 0. The van der Waals surface area contributed by atoms with Crippen LogP contribution in [-0.4, -0.2) is 21.4 Å². The first-order valence-corrected chi connectivity index (χ1v) is 7.14. The standard InChI is InChI=1S/C17H17FN2O2/c1-17(2,21)15-8-5-12(9-19-15)14-10-22-16(20-14)11-3-6-13(18)7-4-11/h3-4,6-7,9-10,21H,5,8H2,1-2H3. The molecular formula is C17H17FN2O2. The highest BCUT2D eigenvalue weighted by atomic mass is 19.1. The molecule has 1 aliphatic rings. The predicted molar refractivity (Wildman–Crippen MR) is 82.8 cm³/mol. The number of oxazole rings is 1. The highest BCUT2D eigenvalue weighted by Crippen LogP contribution is 2.28. The van der Waals surface area contributed by atoms with E-state index in [1.54, 1.807) is 38.4 Å². The van der Waals surface area contributed by atoms with E-state index in [2.05, 4.69) is 9.98 Å². The van der Waals surface area contributed by atoms with Gasteiger partial charge in [0.25, 0.3) is 0 Å². The summed E-state index contributed by atoms with van der Waals surface area (Å²) in [6, 6.07) is 6.01. The molecule has 0 saturated heterocycles. The lowest BCUT2D eigenvalue weighted by atomic mass is 9.94. The van der Waals surface area contributed by atoms with Crippen molar-refractivity contribution < 1.29 is 13.9 Å². The summed E-state index contributed by atoms with van der Waals surface area (Å²) in [5.41, 5.74) is 2.27. The van der Waals surface area contributed by atoms with Crippen LogP contribution in [0.5, 0.6) is 0 Å². The van der Waals surface area contributed by atoms with Crippen molar-refractivity contribution in [2.24, 2.45) is 4.99 Å². The average molecular weight is 300 g/mol. The van der Waals surface area contributed by atoms with E-state index < -0.39 is 5.60 Å². The molecular weight excluding hydrogens is 283 g/mol. The summed E-state index contributed by atoms with van der Waals surface area (Å²) in [4.78, 5) is 8.76. The Hall–Kier alpha value is -2.27. The molecule has 0 unspecified atom stereocenters. The lowest BCUT2D eigenvalue weighted by molar-refractivity contribution is 0.151. The SMILES string of the molecule is CC(C)(O)C1=NC=C(c2coc(-c3ccc(F)cc3)n2)CC1. The molecule has 1 aliphatic heterocycles. The van der Waals surface area contributed by atoms with E-state index >= 15 is 0 Å². The molecule has 0 atom stereocenters. The largest absolute Gasteiger partial charge is 0.444 e. The van der Waals surface area contributed by atoms with Crippen LogP contribution in [0.1, 0.15) is 32.4 Å². The number of aromatic nitrogens is 1. The van der Waals surface area contributed by atoms with Crippen LogP contribution < -0.4 is 0 Å². The van der Waals surface area contributed by atoms with Crippen LogP contribution in [0.3, 0.4) is 0 Å². The van der Waals surface area contributed by atoms with Gasteiger partial charge >= 0.3 is 0 Å². The fourth-order valence-corrected chi connectivity index (χ4v) is 2.34. The Kier molecular flexibility index (Phi) is 3.66. The number of hydrogen-bond donors (Lipinski definition) is 1. The molecule has 1 N–H and O–H groups in total. The fraction of sp³-hybridized carbons (Fsp3) is 0.294. The number of benzene rings is 1. The van der Waals surface area contributed by atoms with E-state index in [9.17, 15) is 9.50 Å². The number of rotatable bonds is 3. The van der Waals surface area contributed by atoms with Gasteiger partial charge in [-0.2, -0.15) is 0 Å². The third-order valence-electron chi connectivity index (χ3n) is 3.64. The molecule has 0 aliphatic carbocycles. The van der Waals surface area contributed by atoms with Crippen LogP contribution in [0.25, 0.3) is 17.0 Å². The molecule has 0 spiro atoms. The third-order valence-corrected chi connectivity index (χ3v) is 3.64. The van der Waals surface area contributed by atoms with Crippen LogP contribution in [0.15, 0.2) is 46.1 Å². The Morgan fingerprint density at radius 3 is 2.50 bits per heavy atom. The molecule has 3 rings (SSSR count). The highest BCUT2D eigenvalue weighted by Gasteiger charge is 2.24. The fourth-order valence-electron chi connectivity index (χ4n) is 2.34. The molecule has 2 aromatic rings. The number of aliphatic hydroxyl groups is 1. The molecule has 1 aromatic carbocycles. The molecule has 5 heteroatoms. The van der Waals surface area contributed by atoms with Crippen LogP contribution in [0, 0.1) is 5.82 Å². The zero-order chi connectivity index (χ0) is 15.7. The van der Waals surface area contributed by atoms with Crippen molar-refractivity contribution in [1.29, 1.82) is 0 Å². The van der Waals surface area contributed by atoms with Crippen molar-refractivity contribution in [3.05, 3.63) is 48.2 Å². The molecule has 0 radical (unpaired) electrons. The quantitative estimate of drug-likeness (QED) is 0.937. The molecule has 4 nitrogen and oxygen atoms in total. The van der Waals surface area contributed by atoms with Crippen molar-refractivity contribution in [2.75, 3.05) is 0 Å². The number of nitrogens with zero attached hydrogens (tertiary/aromatic N) is 2. The molecule has 114 valence electrons. The second-order valence-electron chi connectivity index (χ2n) is 5.83. The van der Waals surface area contributed by atoms with Gasteiger partial charge in [0.1, 0.15) is 17.8 Å². The van der Waals surface area contributed by atoms with E-state index in [1.807, 2.05) is 0 Å². The minimum absolute atomic E-state index is 0.293. The zero-order valence-corrected chi connectivity index (χ0v) is 12.5. The van der Waals surface area contributed by atoms with Crippen LogP contribution in [-0.2, 0) is 0 Å². The summed E-state index contributed by atoms with van der Waals surface area (Å²) in [5.74, 6) is 0.159. The van der Waals surface area contributed by atoms with Crippen molar-refractivity contribution in [1.82, 2.24) is 4.98 Å². The molecule has 0 bridgehead atoms. The van der Waals surface area contributed by atoms with Gasteiger partial charge in [-0.3, -0.25) is 4.99 Å². The molecule has 22 heavy (non-hydrogen) atoms. The first kappa shape index (κ1) is 14.7. The Morgan fingerprint density at radius 2 is 1.91 bits per heavy atom. The Morgan fingerprint density at radius 1 is 1.18 bits per heavy atom. The molecule has 1 aromatic heterocycles. The molecule has 2 heterocycles. The summed E-state index contributed by atoms with van der Waals surface area (Å²) < 4.78 is 18.4. The van der Waals surface area contributed by atoms with Crippen molar-refractivity contribution in [2.45, 2.75) is 32.3 Å². The number of allylic oxidation sites excluding steroid dienone is 1. The van der Waals surface area contributed by atoms with E-state index in [-0.39, 0.29) is 5.82 Å². The van der Waals surface area contributed by atoms with E-state index in [0.29, 0.717) is 12.3 Å². The molecule has 0 fully saturated rings. The molecule has 0 amide bonds. The van der Waals surface area contributed by atoms with Crippen molar-refractivity contribution in [3.8, 4) is 11.5 Å². The highest BCUT2D eigenvalue weighted by molar-refractivity contribution is 5.95. The topological polar surface area (TPSA) is 58.6 Å². The minimum atomic E-state index is -0.898. The molecule has 0 saturated carbocycles. The van der Waals surface area contributed by atoms with E-state index in [0.717, 1.165) is 29.0 Å². The van der Waals surface area contributed by atoms with E-state index in [4.69, 9.17) is 4.42 Å². The van der Waals surface area contributed by atoms with E-state index in [1.165, 1.54) is 12.1 Å².